The molecule has 0 radical (unpaired) electrons. The van der Waals surface area contributed by atoms with Crippen LogP contribution in [0.3, 0.4) is 0 Å². The van der Waals surface area contributed by atoms with Crippen molar-refractivity contribution >= 4 is 43.5 Å². The zero-order chi connectivity index (χ0) is 44.7. The van der Waals surface area contributed by atoms with Gasteiger partial charge >= 0.3 is 0 Å². The van der Waals surface area contributed by atoms with Gasteiger partial charge in [-0.3, -0.25) is 9.55 Å². The van der Waals surface area contributed by atoms with E-state index in [2.05, 4.69) is 219 Å². The number of imidazole rings is 1. The van der Waals surface area contributed by atoms with Gasteiger partial charge in [0.25, 0.3) is 0 Å². The molecule has 5 heteroatoms. The first-order valence-corrected chi connectivity index (χ1v) is 22.4. The number of phenols is 1. The molecule has 0 spiro atoms. The number of nitrogens with zero attached hydrogens (tertiary/aromatic N) is 3. The van der Waals surface area contributed by atoms with Crippen LogP contribution in [0.1, 0.15) is 79.0 Å². The van der Waals surface area contributed by atoms with E-state index in [1.54, 1.807) is 0 Å². The number of hydrogen-bond donors (Lipinski definition) is 1. The van der Waals surface area contributed by atoms with Crippen LogP contribution in [-0.4, -0.2) is 19.6 Å². The standard InChI is InChI=1S/C60H54N3O.Pt/c1-58(2,3)41-27-31-51(47(34-41)38-21-14-11-15-22-38)63-52-32-29-45-43-25-16-17-26-44(43)46-28-30-50(40-24-18-23-39(33-40)37-19-12-10-13-20-37)61-54(46)53(45)55(52)62-57(63)48-35-42(59(4,5)6)36-49(56(48)64)60(7,8)9;/h10-23,25-36,64H,1-9H3;/q-1;. The molecule has 0 saturated carbocycles. The smallest absolute Gasteiger partial charge is 0.149 e. The number of rotatable bonds is 5. The molecule has 1 N–H and O–H groups in total. The van der Waals surface area contributed by atoms with Gasteiger partial charge in [-0.25, -0.2) is 4.98 Å². The van der Waals surface area contributed by atoms with E-state index < -0.39 is 0 Å². The zero-order valence-corrected chi connectivity index (χ0v) is 40.9. The first-order chi connectivity index (χ1) is 30.6. The fourth-order valence-electron chi connectivity index (χ4n) is 9.28. The summed E-state index contributed by atoms with van der Waals surface area (Å²) >= 11 is 0. The van der Waals surface area contributed by atoms with Gasteiger partial charge in [-0.05, 0) is 84.6 Å². The van der Waals surface area contributed by atoms with Crippen molar-refractivity contribution in [2.24, 2.45) is 0 Å². The van der Waals surface area contributed by atoms with Crippen LogP contribution < -0.4 is 0 Å². The molecular formula is C60H54N3OPt-. The minimum Gasteiger partial charge on any atom is -0.507 e. The molecule has 0 fully saturated rings. The van der Waals surface area contributed by atoms with Gasteiger partial charge in [-0.15, -0.1) is 35.4 Å². The zero-order valence-electron chi connectivity index (χ0n) is 38.6. The van der Waals surface area contributed by atoms with Crippen LogP contribution in [0.5, 0.6) is 5.75 Å². The molecule has 0 saturated heterocycles. The SMILES string of the molecule is CC(C)(C)c1ccc(-n2c(-c3cc(C(C)(C)C)cc(C(C)(C)C)c3O)nc3c4c(ccc32)c2ccccc2c2ccc(-c3[c-]ccc(-c5ccccc5)c3)nc24)c(-c2ccccc2)c1.[Pt]. The van der Waals surface area contributed by atoms with Crippen molar-refractivity contribution < 1.29 is 26.2 Å². The number of aromatic hydroxyl groups is 1. The van der Waals surface area contributed by atoms with Crippen molar-refractivity contribution in [3.63, 3.8) is 0 Å². The van der Waals surface area contributed by atoms with E-state index in [-0.39, 0.29) is 43.1 Å². The van der Waals surface area contributed by atoms with E-state index in [9.17, 15) is 5.11 Å². The Morgan fingerprint density at radius 1 is 0.492 bits per heavy atom. The van der Waals surface area contributed by atoms with E-state index in [1.807, 2.05) is 12.1 Å². The van der Waals surface area contributed by atoms with Crippen LogP contribution in [0.4, 0.5) is 0 Å². The van der Waals surface area contributed by atoms with Gasteiger partial charge in [-0.1, -0.05) is 178 Å². The minimum absolute atomic E-state index is 0. The summed E-state index contributed by atoms with van der Waals surface area (Å²) in [6.07, 6.45) is 0. The molecule has 10 rings (SSSR count). The maximum absolute atomic E-state index is 12.6. The Labute approximate surface area is 397 Å². The number of pyridine rings is 1. The van der Waals surface area contributed by atoms with Gasteiger partial charge in [0, 0.05) is 43.0 Å². The van der Waals surface area contributed by atoms with Crippen LogP contribution in [0.25, 0.3) is 94.1 Å². The summed E-state index contributed by atoms with van der Waals surface area (Å²) in [5.74, 6) is 0.928. The number of aromatic nitrogens is 3. The van der Waals surface area contributed by atoms with Gasteiger partial charge in [0.05, 0.1) is 27.8 Å². The van der Waals surface area contributed by atoms with Crippen molar-refractivity contribution in [3.8, 4) is 56.3 Å². The topological polar surface area (TPSA) is 50.9 Å². The van der Waals surface area contributed by atoms with Crippen molar-refractivity contribution in [3.05, 3.63) is 180 Å². The molecule has 0 aliphatic heterocycles. The second-order valence-electron chi connectivity index (χ2n) is 20.4. The summed E-state index contributed by atoms with van der Waals surface area (Å²) in [7, 11) is 0. The largest absolute Gasteiger partial charge is 0.507 e. The molecule has 2 aromatic heterocycles. The van der Waals surface area contributed by atoms with Crippen LogP contribution in [0, 0.1) is 6.07 Å². The third-order valence-corrected chi connectivity index (χ3v) is 12.9. The summed E-state index contributed by atoms with van der Waals surface area (Å²) in [6, 6.07) is 59.5. The molecule has 0 bridgehead atoms. The van der Waals surface area contributed by atoms with Gasteiger partial charge in [-0.2, -0.15) is 0 Å². The molecule has 326 valence electrons. The average Bonchev–Trinajstić information content (AvgIpc) is 3.67. The van der Waals surface area contributed by atoms with Gasteiger partial charge in [0.15, 0.2) is 0 Å². The maximum Gasteiger partial charge on any atom is 0.149 e. The van der Waals surface area contributed by atoms with Crippen LogP contribution in [0.15, 0.2) is 158 Å². The van der Waals surface area contributed by atoms with Crippen molar-refractivity contribution in [1.29, 1.82) is 0 Å². The minimum atomic E-state index is -0.336. The summed E-state index contributed by atoms with van der Waals surface area (Å²) in [6.45, 7) is 20.0. The molecule has 0 atom stereocenters. The van der Waals surface area contributed by atoms with E-state index in [0.29, 0.717) is 11.4 Å². The predicted molar refractivity (Wildman–Crippen MR) is 270 cm³/mol. The van der Waals surface area contributed by atoms with Crippen molar-refractivity contribution in [1.82, 2.24) is 14.5 Å². The number of phenolic OH excluding ortho intramolecular Hbond substituents is 1. The summed E-state index contributed by atoms with van der Waals surface area (Å²) in [4.78, 5) is 11.3. The first-order valence-electron chi connectivity index (χ1n) is 22.4. The quantitative estimate of drug-likeness (QED) is 0.138. The van der Waals surface area contributed by atoms with E-state index in [0.717, 1.165) is 93.8 Å². The maximum atomic E-state index is 12.6. The Balaban J connectivity index is 0.00000533. The monoisotopic (exact) mass is 1030 g/mol. The fraction of sp³-hybridized carbons (Fsp3) is 0.200. The number of fused-ring (bicyclic) bond motifs is 8. The molecule has 0 unspecified atom stereocenters. The molecular weight excluding hydrogens is 974 g/mol. The third kappa shape index (κ3) is 7.76. The Kier molecular flexibility index (Phi) is 11.0. The summed E-state index contributed by atoms with van der Waals surface area (Å²) in [5, 5.41) is 18.0. The third-order valence-electron chi connectivity index (χ3n) is 12.9. The Bertz CT molecular complexity index is 3440. The molecule has 2 heterocycles. The van der Waals surface area contributed by atoms with Crippen molar-refractivity contribution in [2.45, 2.75) is 78.6 Å². The van der Waals surface area contributed by atoms with Crippen LogP contribution in [-0.2, 0) is 37.3 Å². The van der Waals surface area contributed by atoms with E-state index in [4.69, 9.17) is 9.97 Å². The van der Waals surface area contributed by atoms with Gasteiger partial charge < -0.3 is 5.11 Å². The van der Waals surface area contributed by atoms with E-state index in [1.165, 1.54) is 5.56 Å². The van der Waals surface area contributed by atoms with Crippen LogP contribution in [0.2, 0.25) is 0 Å². The molecule has 65 heavy (non-hydrogen) atoms. The second-order valence-corrected chi connectivity index (χ2v) is 20.4. The Morgan fingerprint density at radius 2 is 1.11 bits per heavy atom. The molecule has 0 aliphatic carbocycles. The average molecular weight is 1030 g/mol. The summed E-state index contributed by atoms with van der Waals surface area (Å²) < 4.78 is 2.29. The molecule has 10 aromatic rings. The van der Waals surface area contributed by atoms with Crippen LogP contribution >= 0.6 is 0 Å². The molecule has 0 aliphatic rings. The van der Waals surface area contributed by atoms with E-state index >= 15 is 0 Å². The Morgan fingerprint density at radius 3 is 1.77 bits per heavy atom. The fourth-order valence-corrected chi connectivity index (χ4v) is 9.28. The molecule has 8 aromatic carbocycles. The Hall–Kier alpha value is -6.35. The normalized spacial score (nSPS) is 12.3. The van der Waals surface area contributed by atoms with Crippen molar-refractivity contribution in [2.75, 3.05) is 0 Å². The second kappa shape index (κ2) is 16.3. The number of hydrogen-bond acceptors (Lipinski definition) is 3. The molecule has 4 nitrogen and oxygen atoms in total. The predicted octanol–water partition coefficient (Wildman–Crippen LogP) is 15.9. The first kappa shape index (κ1) is 43.9. The summed E-state index contributed by atoms with van der Waals surface area (Å²) in [5.41, 5.74) is 13.2. The molecule has 0 amide bonds. The van der Waals surface area contributed by atoms with Gasteiger partial charge in [0.2, 0.25) is 0 Å². The number of benzene rings is 8. The van der Waals surface area contributed by atoms with Gasteiger partial charge in [0.1, 0.15) is 11.6 Å².